The third-order valence-corrected chi connectivity index (χ3v) is 0.717. The Morgan fingerprint density at radius 2 is 2.56 bits per heavy atom. The predicted octanol–water partition coefficient (Wildman–Crippen LogP) is -1.10. The molecular formula is C2H3N5O2. The molecule has 1 aromatic heterocycles. The highest BCUT2D eigenvalue weighted by Crippen LogP contribution is 1.97. The SMILES string of the molecule is Nn1ncnc1[N+](=O)[O-]. The van der Waals surface area contributed by atoms with E-state index in [2.05, 4.69) is 10.1 Å². The molecule has 0 spiro atoms. The summed E-state index contributed by atoms with van der Waals surface area (Å²) in [6, 6.07) is 0. The molecule has 0 saturated heterocycles. The zero-order chi connectivity index (χ0) is 6.85. The van der Waals surface area contributed by atoms with Crippen LogP contribution in [0.4, 0.5) is 5.95 Å². The van der Waals surface area contributed by atoms with Gasteiger partial charge in [0.25, 0.3) is 0 Å². The molecule has 0 bridgehead atoms. The molecule has 0 aliphatic rings. The number of rotatable bonds is 1. The van der Waals surface area contributed by atoms with Crippen molar-refractivity contribution in [1.82, 2.24) is 14.9 Å². The highest BCUT2D eigenvalue weighted by molar-refractivity contribution is 4.99. The number of nitrogen functional groups attached to an aromatic ring is 1. The second kappa shape index (κ2) is 1.69. The minimum atomic E-state index is -0.715. The van der Waals surface area contributed by atoms with E-state index in [0.717, 1.165) is 6.33 Å². The van der Waals surface area contributed by atoms with Crippen LogP contribution in [-0.4, -0.2) is 19.8 Å². The number of nitro groups is 1. The lowest BCUT2D eigenvalue weighted by atomic mass is 11.1. The van der Waals surface area contributed by atoms with Gasteiger partial charge in [0.05, 0.1) is 0 Å². The Bertz CT molecular complexity index is 229. The Kier molecular flexibility index (Phi) is 1.03. The van der Waals surface area contributed by atoms with Gasteiger partial charge in [-0.1, -0.05) is 5.10 Å². The zero-order valence-electron chi connectivity index (χ0n) is 4.26. The average Bonchev–Trinajstić information content (AvgIpc) is 2.13. The van der Waals surface area contributed by atoms with Gasteiger partial charge in [-0.3, -0.25) is 5.84 Å². The molecule has 1 aromatic rings. The zero-order valence-corrected chi connectivity index (χ0v) is 4.26. The molecule has 48 valence electrons. The van der Waals surface area contributed by atoms with Gasteiger partial charge in [0.15, 0.2) is 0 Å². The Morgan fingerprint density at radius 3 is 2.78 bits per heavy atom. The van der Waals surface area contributed by atoms with Crippen LogP contribution in [-0.2, 0) is 0 Å². The lowest BCUT2D eigenvalue weighted by molar-refractivity contribution is -0.396. The fourth-order valence-corrected chi connectivity index (χ4v) is 0.375. The third-order valence-electron chi connectivity index (χ3n) is 0.717. The number of aromatic nitrogens is 3. The van der Waals surface area contributed by atoms with Crippen molar-refractivity contribution in [2.24, 2.45) is 0 Å². The molecule has 0 saturated carbocycles. The van der Waals surface area contributed by atoms with E-state index in [4.69, 9.17) is 5.84 Å². The molecule has 0 aromatic carbocycles. The number of hydrogen-bond acceptors (Lipinski definition) is 5. The smallest absolute Gasteiger partial charge is 0.390 e. The monoisotopic (exact) mass is 129 g/mol. The molecule has 7 nitrogen and oxygen atoms in total. The maximum atomic E-state index is 9.89. The van der Waals surface area contributed by atoms with Gasteiger partial charge >= 0.3 is 5.95 Å². The van der Waals surface area contributed by atoms with Gasteiger partial charge in [0.2, 0.25) is 6.33 Å². The summed E-state index contributed by atoms with van der Waals surface area (Å²) >= 11 is 0. The van der Waals surface area contributed by atoms with Crippen molar-refractivity contribution in [1.29, 1.82) is 0 Å². The van der Waals surface area contributed by atoms with Crippen molar-refractivity contribution in [2.75, 3.05) is 5.84 Å². The van der Waals surface area contributed by atoms with Crippen LogP contribution in [0.2, 0.25) is 0 Å². The number of nitrogens with zero attached hydrogens (tertiary/aromatic N) is 4. The van der Waals surface area contributed by atoms with Crippen molar-refractivity contribution in [2.45, 2.75) is 0 Å². The topological polar surface area (TPSA) is 99.9 Å². The van der Waals surface area contributed by atoms with Crippen LogP contribution in [0.3, 0.4) is 0 Å². The molecule has 0 atom stereocenters. The molecule has 0 aliphatic carbocycles. The Morgan fingerprint density at radius 1 is 1.89 bits per heavy atom. The lowest BCUT2D eigenvalue weighted by Gasteiger charge is -1.88. The summed E-state index contributed by atoms with van der Waals surface area (Å²) in [6.07, 6.45) is 1.01. The fraction of sp³-hybridized carbons (Fsp3) is 0. The van der Waals surface area contributed by atoms with Crippen LogP contribution >= 0.6 is 0 Å². The minimum Gasteiger partial charge on any atom is -0.390 e. The molecule has 9 heavy (non-hydrogen) atoms. The van der Waals surface area contributed by atoms with Crippen LogP contribution in [0.25, 0.3) is 0 Å². The van der Waals surface area contributed by atoms with Gasteiger partial charge in [-0.25, -0.2) is 0 Å². The second-order valence-electron chi connectivity index (χ2n) is 1.26. The fourth-order valence-electron chi connectivity index (χ4n) is 0.375. The van der Waals surface area contributed by atoms with Crippen LogP contribution < -0.4 is 5.84 Å². The molecule has 1 heterocycles. The van der Waals surface area contributed by atoms with E-state index < -0.39 is 10.9 Å². The highest BCUT2D eigenvalue weighted by atomic mass is 16.6. The summed E-state index contributed by atoms with van der Waals surface area (Å²) < 4.78 is 0. The van der Waals surface area contributed by atoms with Crippen LogP contribution in [0, 0.1) is 10.1 Å². The second-order valence-corrected chi connectivity index (χ2v) is 1.26. The lowest BCUT2D eigenvalue weighted by Crippen LogP contribution is -2.13. The van der Waals surface area contributed by atoms with E-state index in [1.54, 1.807) is 0 Å². The van der Waals surface area contributed by atoms with Crippen LogP contribution in [0.15, 0.2) is 6.33 Å². The van der Waals surface area contributed by atoms with E-state index in [1.807, 2.05) is 0 Å². The van der Waals surface area contributed by atoms with Gasteiger partial charge in [0.1, 0.15) is 0 Å². The third kappa shape index (κ3) is 0.784. The van der Waals surface area contributed by atoms with Crippen molar-refractivity contribution >= 4 is 5.95 Å². The maximum absolute atomic E-state index is 9.89. The molecule has 0 fully saturated rings. The molecular weight excluding hydrogens is 126 g/mol. The van der Waals surface area contributed by atoms with Gasteiger partial charge < -0.3 is 10.1 Å². The van der Waals surface area contributed by atoms with Crippen molar-refractivity contribution in [3.63, 3.8) is 0 Å². The molecule has 0 amide bonds. The predicted molar refractivity (Wildman–Crippen MR) is 26.8 cm³/mol. The van der Waals surface area contributed by atoms with Crippen LogP contribution in [0.5, 0.6) is 0 Å². The Hall–Kier alpha value is -1.66. The van der Waals surface area contributed by atoms with E-state index in [-0.39, 0.29) is 0 Å². The molecule has 1 rings (SSSR count). The normalized spacial score (nSPS) is 9.33. The highest BCUT2D eigenvalue weighted by Gasteiger charge is 2.11. The first-order valence-electron chi connectivity index (χ1n) is 2.01. The number of nitrogens with two attached hydrogens (primary N) is 1. The van der Waals surface area contributed by atoms with Crippen molar-refractivity contribution in [3.05, 3.63) is 16.4 Å². The van der Waals surface area contributed by atoms with Gasteiger partial charge in [0, 0.05) is 0 Å². The maximum Gasteiger partial charge on any atom is 0.478 e. The molecule has 0 radical (unpaired) electrons. The summed E-state index contributed by atoms with van der Waals surface area (Å²) in [4.78, 5) is 13.0. The van der Waals surface area contributed by atoms with Gasteiger partial charge in [-0.2, -0.15) is 0 Å². The standard InChI is InChI=1S/C2H3N5O2/c3-6-2(7(8)9)4-1-5-6/h1H,3H2. The minimum absolute atomic E-state index is 0.463. The quantitative estimate of drug-likeness (QED) is 0.294. The Labute approximate surface area is 49.2 Å². The first kappa shape index (κ1) is 5.48. The summed E-state index contributed by atoms with van der Waals surface area (Å²) in [5.74, 6) is 4.48. The molecule has 0 unspecified atom stereocenters. The van der Waals surface area contributed by atoms with Gasteiger partial charge in [-0.05, 0) is 14.7 Å². The van der Waals surface area contributed by atoms with Crippen molar-refractivity contribution in [3.8, 4) is 0 Å². The molecule has 7 heteroatoms. The van der Waals surface area contributed by atoms with E-state index in [1.165, 1.54) is 0 Å². The first-order chi connectivity index (χ1) is 4.22. The largest absolute Gasteiger partial charge is 0.478 e. The summed E-state index contributed by atoms with van der Waals surface area (Å²) in [7, 11) is 0. The van der Waals surface area contributed by atoms with Crippen molar-refractivity contribution < 1.29 is 4.92 Å². The summed E-state index contributed by atoms with van der Waals surface area (Å²) in [5, 5.41) is 13.2. The van der Waals surface area contributed by atoms with E-state index in [0.29, 0.717) is 4.79 Å². The first-order valence-corrected chi connectivity index (χ1v) is 2.01. The van der Waals surface area contributed by atoms with Gasteiger partial charge in [-0.15, -0.1) is 0 Å². The van der Waals surface area contributed by atoms with Crippen LogP contribution in [0.1, 0.15) is 0 Å². The van der Waals surface area contributed by atoms with E-state index in [9.17, 15) is 10.1 Å². The summed E-state index contributed by atoms with van der Waals surface area (Å²) in [5.41, 5.74) is 0. The summed E-state index contributed by atoms with van der Waals surface area (Å²) in [6.45, 7) is 0. The van der Waals surface area contributed by atoms with E-state index >= 15 is 0 Å². The molecule has 0 aliphatic heterocycles. The Balaban J connectivity index is 3.08. The average molecular weight is 129 g/mol. The molecule has 2 N–H and O–H groups in total. The number of hydrogen-bond donors (Lipinski definition) is 1.